The molecule has 1 aromatic heterocycles. The summed E-state index contributed by atoms with van der Waals surface area (Å²) in [5, 5.41) is 3.12. The molecule has 0 aliphatic carbocycles. The molecule has 2 aromatic carbocycles. The second kappa shape index (κ2) is 8.77. The van der Waals surface area contributed by atoms with E-state index in [1.54, 1.807) is 13.3 Å². The van der Waals surface area contributed by atoms with Crippen molar-refractivity contribution < 1.29 is 9.53 Å². The van der Waals surface area contributed by atoms with Crippen LogP contribution in [0.25, 0.3) is 0 Å². The molecule has 1 unspecified atom stereocenters. The molecule has 1 heterocycles. The molecular weight excluding hydrogens is 358 g/mol. The van der Waals surface area contributed by atoms with Crippen LogP contribution in [0.3, 0.4) is 0 Å². The number of carbonyl (C=O) groups is 1. The van der Waals surface area contributed by atoms with Gasteiger partial charge in [-0.1, -0.05) is 36.4 Å². The van der Waals surface area contributed by atoms with Crippen molar-refractivity contribution >= 4 is 17.7 Å². The molecule has 0 saturated carbocycles. The van der Waals surface area contributed by atoms with Gasteiger partial charge in [0, 0.05) is 29.9 Å². The first-order valence-electron chi connectivity index (χ1n) is 8.68. The largest absolute Gasteiger partial charge is 0.496 e. The average molecular weight is 382 g/mol. The second-order valence-corrected chi connectivity index (χ2v) is 7.21. The Labute approximate surface area is 163 Å². The summed E-state index contributed by atoms with van der Waals surface area (Å²) in [6.07, 6.45) is 3.60. The van der Waals surface area contributed by atoms with Gasteiger partial charge in [-0.05, 0) is 24.6 Å². The average Bonchev–Trinajstić information content (AvgIpc) is 3.11. The molecule has 6 heteroatoms. The Hall–Kier alpha value is -2.73. The Morgan fingerprint density at radius 3 is 2.67 bits per heavy atom. The lowest BCUT2D eigenvalue weighted by atomic mass is 10.0. The highest BCUT2D eigenvalue weighted by atomic mass is 32.2. The van der Waals surface area contributed by atoms with E-state index in [0.29, 0.717) is 5.75 Å². The number of hydrogen-bond acceptors (Lipinski definition) is 4. The number of rotatable bonds is 7. The zero-order valence-corrected chi connectivity index (χ0v) is 16.5. The van der Waals surface area contributed by atoms with E-state index in [2.05, 4.69) is 10.3 Å². The van der Waals surface area contributed by atoms with Crippen molar-refractivity contribution in [3.63, 3.8) is 0 Å². The van der Waals surface area contributed by atoms with E-state index in [-0.39, 0.29) is 11.9 Å². The summed E-state index contributed by atoms with van der Waals surface area (Å²) in [5.74, 6) is 1.76. The van der Waals surface area contributed by atoms with E-state index in [1.807, 2.05) is 73.3 Å². The highest BCUT2D eigenvalue weighted by Gasteiger charge is 2.23. The number of hydrogen-bond donors (Lipinski definition) is 1. The second-order valence-electron chi connectivity index (χ2n) is 6.19. The van der Waals surface area contributed by atoms with Crippen molar-refractivity contribution in [2.75, 3.05) is 12.9 Å². The van der Waals surface area contributed by atoms with Gasteiger partial charge in [-0.15, -0.1) is 11.8 Å². The Morgan fingerprint density at radius 1 is 1.22 bits per heavy atom. The summed E-state index contributed by atoms with van der Waals surface area (Å²) in [4.78, 5) is 18.3. The third-order valence-electron chi connectivity index (χ3n) is 4.32. The van der Waals surface area contributed by atoms with Crippen LogP contribution < -0.4 is 10.1 Å². The Bertz CT molecular complexity index is 923. The molecule has 140 valence electrons. The fraction of sp³-hybridized carbons (Fsp3) is 0.238. The molecule has 0 fully saturated rings. The van der Waals surface area contributed by atoms with E-state index in [9.17, 15) is 4.79 Å². The van der Waals surface area contributed by atoms with Gasteiger partial charge in [0.25, 0.3) is 0 Å². The SMILES string of the molecule is COc1ccccc1C(NC(=O)CSc1ccccc1C)c1nccn1C. The van der Waals surface area contributed by atoms with Crippen LogP contribution in [-0.2, 0) is 11.8 Å². The first-order valence-corrected chi connectivity index (χ1v) is 9.66. The lowest BCUT2D eigenvalue weighted by molar-refractivity contribution is -0.119. The van der Waals surface area contributed by atoms with Crippen molar-refractivity contribution in [3.8, 4) is 5.75 Å². The number of ether oxygens (including phenoxy) is 1. The zero-order valence-electron chi connectivity index (χ0n) is 15.7. The summed E-state index contributed by atoms with van der Waals surface area (Å²) in [5.41, 5.74) is 2.05. The normalized spacial score (nSPS) is 11.8. The maximum atomic E-state index is 12.7. The fourth-order valence-electron chi connectivity index (χ4n) is 2.91. The molecule has 0 spiro atoms. The molecule has 1 atom stereocenters. The van der Waals surface area contributed by atoms with E-state index in [1.165, 1.54) is 17.3 Å². The van der Waals surface area contributed by atoms with Crippen LogP contribution >= 0.6 is 11.8 Å². The minimum absolute atomic E-state index is 0.0536. The molecule has 0 radical (unpaired) electrons. The summed E-state index contributed by atoms with van der Waals surface area (Å²) >= 11 is 1.53. The molecule has 0 saturated heterocycles. The number of thioether (sulfide) groups is 1. The van der Waals surface area contributed by atoms with Crippen LogP contribution in [0.15, 0.2) is 65.8 Å². The highest BCUT2D eigenvalue weighted by Crippen LogP contribution is 2.29. The molecule has 1 N–H and O–H groups in total. The predicted molar refractivity (Wildman–Crippen MR) is 108 cm³/mol. The Balaban J connectivity index is 1.81. The number of nitrogens with one attached hydrogen (secondary N) is 1. The van der Waals surface area contributed by atoms with Crippen LogP contribution in [0.2, 0.25) is 0 Å². The third kappa shape index (κ3) is 4.52. The number of amides is 1. The minimum Gasteiger partial charge on any atom is -0.496 e. The Morgan fingerprint density at radius 2 is 1.96 bits per heavy atom. The van der Waals surface area contributed by atoms with Gasteiger partial charge in [-0.2, -0.15) is 0 Å². The van der Waals surface area contributed by atoms with Crippen molar-refractivity contribution in [3.05, 3.63) is 77.9 Å². The molecule has 5 nitrogen and oxygen atoms in total. The van der Waals surface area contributed by atoms with Crippen LogP contribution in [0.4, 0.5) is 0 Å². The van der Waals surface area contributed by atoms with E-state index in [4.69, 9.17) is 4.74 Å². The van der Waals surface area contributed by atoms with Gasteiger partial charge in [0.15, 0.2) is 0 Å². The van der Waals surface area contributed by atoms with E-state index < -0.39 is 0 Å². The van der Waals surface area contributed by atoms with Crippen LogP contribution in [0.5, 0.6) is 5.75 Å². The smallest absolute Gasteiger partial charge is 0.231 e. The molecule has 27 heavy (non-hydrogen) atoms. The van der Waals surface area contributed by atoms with Gasteiger partial charge in [0.2, 0.25) is 5.91 Å². The lowest BCUT2D eigenvalue weighted by Gasteiger charge is -2.21. The molecule has 3 aromatic rings. The van der Waals surface area contributed by atoms with E-state index >= 15 is 0 Å². The molecule has 3 rings (SSSR count). The third-order valence-corrected chi connectivity index (χ3v) is 5.50. The maximum absolute atomic E-state index is 12.7. The van der Waals surface area contributed by atoms with Crippen LogP contribution in [-0.4, -0.2) is 28.3 Å². The molecule has 0 aliphatic heterocycles. The number of imidazole rings is 1. The van der Waals surface area contributed by atoms with Crippen molar-refractivity contribution in [2.45, 2.75) is 17.9 Å². The fourth-order valence-corrected chi connectivity index (χ4v) is 3.75. The first kappa shape index (κ1) is 19.0. The standard InChI is InChI=1S/C21H23N3O2S/c1-15-8-4-7-11-18(15)27-14-19(25)23-20(21-22-12-13-24(21)2)16-9-5-6-10-17(16)26-3/h4-13,20H,14H2,1-3H3,(H,23,25). The van der Waals surface area contributed by atoms with Crippen molar-refractivity contribution in [1.29, 1.82) is 0 Å². The first-order chi connectivity index (χ1) is 13.1. The van der Waals surface area contributed by atoms with Crippen LogP contribution in [0.1, 0.15) is 23.0 Å². The lowest BCUT2D eigenvalue weighted by Crippen LogP contribution is -2.32. The number of carbonyl (C=O) groups excluding carboxylic acids is 1. The number of para-hydroxylation sites is 1. The number of methoxy groups -OCH3 is 1. The topological polar surface area (TPSA) is 56.1 Å². The summed E-state index contributed by atoms with van der Waals surface area (Å²) < 4.78 is 7.41. The van der Waals surface area contributed by atoms with Gasteiger partial charge in [-0.25, -0.2) is 4.98 Å². The quantitative estimate of drug-likeness (QED) is 0.634. The summed E-state index contributed by atoms with van der Waals surface area (Å²) in [6, 6.07) is 15.4. The maximum Gasteiger partial charge on any atom is 0.231 e. The number of nitrogens with zero attached hydrogens (tertiary/aromatic N) is 2. The van der Waals surface area contributed by atoms with Gasteiger partial charge in [0.1, 0.15) is 17.6 Å². The van der Waals surface area contributed by atoms with Crippen molar-refractivity contribution in [2.24, 2.45) is 7.05 Å². The number of aromatic nitrogens is 2. The molecule has 1 amide bonds. The number of benzene rings is 2. The van der Waals surface area contributed by atoms with E-state index in [0.717, 1.165) is 22.0 Å². The van der Waals surface area contributed by atoms with Gasteiger partial charge >= 0.3 is 0 Å². The minimum atomic E-state index is -0.383. The monoisotopic (exact) mass is 381 g/mol. The van der Waals surface area contributed by atoms with Gasteiger partial charge in [0.05, 0.1) is 12.9 Å². The molecule has 0 aliphatic rings. The summed E-state index contributed by atoms with van der Waals surface area (Å²) in [7, 11) is 3.54. The predicted octanol–water partition coefficient (Wildman–Crippen LogP) is 3.74. The van der Waals surface area contributed by atoms with Crippen molar-refractivity contribution in [1.82, 2.24) is 14.9 Å². The Kier molecular flexibility index (Phi) is 6.19. The van der Waals surface area contributed by atoms with Gasteiger partial charge < -0.3 is 14.6 Å². The zero-order chi connectivity index (χ0) is 19.2. The van der Waals surface area contributed by atoms with Gasteiger partial charge in [-0.3, -0.25) is 4.79 Å². The van der Waals surface area contributed by atoms with Crippen LogP contribution in [0, 0.1) is 6.92 Å². The molecular formula is C21H23N3O2S. The highest BCUT2D eigenvalue weighted by molar-refractivity contribution is 8.00. The molecule has 0 bridgehead atoms. The summed E-state index contributed by atoms with van der Waals surface area (Å²) in [6.45, 7) is 2.05. The number of aryl methyl sites for hydroxylation is 2.